The van der Waals surface area contributed by atoms with Gasteiger partial charge in [0.15, 0.2) is 0 Å². The highest BCUT2D eigenvalue weighted by molar-refractivity contribution is 6.31. The van der Waals surface area contributed by atoms with Crippen LogP contribution in [0.3, 0.4) is 0 Å². The second-order valence-corrected chi connectivity index (χ2v) is 4.51. The topological polar surface area (TPSA) is 42.7 Å². The lowest BCUT2D eigenvalue weighted by Gasteiger charge is -2.08. The van der Waals surface area contributed by atoms with E-state index >= 15 is 0 Å². The van der Waals surface area contributed by atoms with Gasteiger partial charge in [0, 0.05) is 30.3 Å². The van der Waals surface area contributed by atoms with Crippen LogP contribution in [0, 0.1) is 5.82 Å². The summed E-state index contributed by atoms with van der Waals surface area (Å²) in [6.07, 6.45) is 5.21. The van der Waals surface area contributed by atoms with E-state index in [1.807, 2.05) is 24.4 Å². The first kappa shape index (κ1) is 12.6. The van der Waals surface area contributed by atoms with Crippen LogP contribution in [-0.4, -0.2) is 14.8 Å². The van der Waals surface area contributed by atoms with Crippen molar-refractivity contribution in [1.29, 1.82) is 0 Å². The maximum Gasteiger partial charge on any atom is 0.141 e. The van der Waals surface area contributed by atoms with Crippen LogP contribution in [-0.2, 0) is 0 Å². The molecule has 0 radical (unpaired) electrons. The molecule has 0 aliphatic heterocycles. The summed E-state index contributed by atoms with van der Waals surface area (Å²) in [5.74, 6) is 0.177. The van der Waals surface area contributed by atoms with Crippen LogP contribution in [0.2, 0.25) is 5.02 Å². The molecule has 2 heterocycles. The Balaban J connectivity index is 1.87. The number of halogens is 2. The molecule has 3 aromatic rings. The third kappa shape index (κ3) is 2.62. The molecule has 0 atom stereocenters. The van der Waals surface area contributed by atoms with Gasteiger partial charge in [0.2, 0.25) is 0 Å². The number of hydrogen-bond acceptors (Lipinski definition) is 3. The molecule has 0 fully saturated rings. The minimum atomic E-state index is -0.449. The third-order valence-electron chi connectivity index (χ3n) is 2.70. The van der Waals surface area contributed by atoms with E-state index in [4.69, 9.17) is 11.6 Å². The van der Waals surface area contributed by atoms with Crippen LogP contribution in [0.25, 0.3) is 5.69 Å². The molecule has 0 bridgehead atoms. The summed E-state index contributed by atoms with van der Waals surface area (Å²) >= 11 is 5.74. The first-order valence-electron chi connectivity index (χ1n) is 5.90. The highest BCUT2D eigenvalue weighted by atomic mass is 35.5. The fourth-order valence-electron chi connectivity index (χ4n) is 1.77. The molecule has 2 aromatic heterocycles. The Morgan fingerprint density at radius 2 is 2.05 bits per heavy atom. The van der Waals surface area contributed by atoms with E-state index in [0.717, 1.165) is 5.69 Å². The number of nitrogens with one attached hydrogen (secondary N) is 1. The molecule has 0 saturated carbocycles. The minimum Gasteiger partial charge on any atom is -0.340 e. The quantitative estimate of drug-likeness (QED) is 0.797. The van der Waals surface area contributed by atoms with Crippen molar-refractivity contribution in [1.82, 2.24) is 14.8 Å². The molecule has 6 heteroatoms. The van der Waals surface area contributed by atoms with Crippen molar-refractivity contribution in [3.8, 4) is 5.69 Å². The molecular weight excluding hydrogens is 279 g/mol. The van der Waals surface area contributed by atoms with Crippen molar-refractivity contribution in [3.63, 3.8) is 0 Å². The summed E-state index contributed by atoms with van der Waals surface area (Å²) in [4.78, 5) is 4.21. The van der Waals surface area contributed by atoms with Gasteiger partial charge in [-0.3, -0.25) is 0 Å². The van der Waals surface area contributed by atoms with Crippen molar-refractivity contribution in [2.45, 2.75) is 0 Å². The van der Waals surface area contributed by atoms with Crippen LogP contribution in [0.15, 0.2) is 55.0 Å². The number of aromatic nitrogens is 3. The number of anilines is 2. The summed E-state index contributed by atoms with van der Waals surface area (Å²) < 4.78 is 14.8. The van der Waals surface area contributed by atoms with E-state index in [2.05, 4.69) is 15.4 Å². The van der Waals surface area contributed by atoms with Gasteiger partial charge in [0.25, 0.3) is 0 Å². The van der Waals surface area contributed by atoms with Crippen LogP contribution in [0.4, 0.5) is 15.9 Å². The summed E-state index contributed by atoms with van der Waals surface area (Å²) in [6.45, 7) is 0. The second-order valence-electron chi connectivity index (χ2n) is 4.10. The lowest BCUT2D eigenvalue weighted by molar-refractivity contribution is 0.628. The van der Waals surface area contributed by atoms with Gasteiger partial charge in [-0.15, -0.1) is 0 Å². The van der Waals surface area contributed by atoms with E-state index in [9.17, 15) is 4.39 Å². The largest absolute Gasteiger partial charge is 0.340 e. The molecule has 0 aliphatic carbocycles. The molecule has 0 unspecified atom stereocenters. The molecule has 100 valence electrons. The Morgan fingerprint density at radius 3 is 2.80 bits per heavy atom. The average molecular weight is 289 g/mol. The second kappa shape index (κ2) is 5.30. The van der Waals surface area contributed by atoms with E-state index in [1.54, 1.807) is 23.1 Å². The van der Waals surface area contributed by atoms with Crippen LogP contribution in [0.1, 0.15) is 0 Å². The van der Waals surface area contributed by atoms with Gasteiger partial charge in [0.1, 0.15) is 11.6 Å². The zero-order chi connectivity index (χ0) is 13.9. The normalized spacial score (nSPS) is 10.5. The fraction of sp³-hybridized carbons (Fsp3) is 0. The average Bonchev–Trinajstić information content (AvgIpc) is 2.97. The molecule has 0 saturated heterocycles. The standard InChI is InChI=1S/C14H10ClFN4/c15-12-8-10(2-3-13(12)16)19-14-9-11(4-6-17-14)20-7-1-5-18-20/h1-9H,(H,17,19). The number of pyridine rings is 1. The predicted molar refractivity (Wildman–Crippen MR) is 76.1 cm³/mol. The van der Waals surface area contributed by atoms with Crippen molar-refractivity contribution < 1.29 is 4.39 Å². The van der Waals surface area contributed by atoms with Gasteiger partial charge in [0.05, 0.1) is 10.7 Å². The van der Waals surface area contributed by atoms with Crippen LogP contribution in [0.5, 0.6) is 0 Å². The van der Waals surface area contributed by atoms with E-state index in [1.165, 1.54) is 12.1 Å². The van der Waals surface area contributed by atoms with Crippen molar-refractivity contribution in [2.24, 2.45) is 0 Å². The molecule has 0 aliphatic rings. The van der Waals surface area contributed by atoms with Gasteiger partial charge in [-0.05, 0) is 30.3 Å². The highest BCUT2D eigenvalue weighted by Gasteiger charge is 2.03. The smallest absolute Gasteiger partial charge is 0.141 e. The Morgan fingerprint density at radius 1 is 1.15 bits per heavy atom. The summed E-state index contributed by atoms with van der Waals surface area (Å²) in [7, 11) is 0. The minimum absolute atomic E-state index is 0.0678. The number of benzene rings is 1. The molecule has 1 aromatic carbocycles. The lowest BCUT2D eigenvalue weighted by atomic mass is 10.3. The third-order valence-corrected chi connectivity index (χ3v) is 2.99. The Bertz CT molecular complexity index is 728. The Labute approximate surface area is 119 Å². The first-order valence-corrected chi connectivity index (χ1v) is 6.28. The van der Waals surface area contributed by atoms with Gasteiger partial charge >= 0.3 is 0 Å². The summed E-state index contributed by atoms with van der Waals surface area (Å²) in [5.41, 5.74) is 1.54. The maximum absolute atomic E-state index is 13.1. The van der Waals surface area contributed by atoms with E-state index in [-0.39, 0.29) is 5.02 Å². The number of nitrogens with zero attached hydrogens (tertiary/aromatic N) is 3. The first-order chi connectivity index (χ1) is 9.72. The van der Waals surface area contributed by atoms with E-state index in [0.29, 0.717) is 11.5 Å². The molecule has 1 N–H and O–H groups in total. The van der Waals surface area contributed by atoms with Crippen molar-refractivity contribution in [2.75, 3.05) is 5.32 Å². The van der Waals surface area contributed by atoms with Gasteiger partial charge in [-0.2, -0.15) is 5.10 Å². The van der Waals surface area contributed by atoms with Crippen molar-refractivity contribution in [3.05, 3.63) is 65.8 Å². The maximum atomic E-state index is 13.1. The fourth-order valence-corrected chi connectivity index (χ4v) is 1.95. The lowest BCUT2D eigenvalue weighted by Crippen LogP contribution is -1.98. The molecule has 20 heavy (non-hydrogen) atoms. The molecule has 0 spiro atoms. The molecule has 3 rings (SSSR count). The Hall–Kier alpha value is -2.40. The summed E-state index contributed by atoms with van der Waals surface area (Å²) in [5, 5.41) is 7.29. The van der Waals surface area contributed by atoms with Crippen LogP contribution >= 0.6 is 11.6 Å². The number of hydrogen-bond donors (Lipinski definition) is 1. The van der Waals surface area contributed by atoms with Gasteiger partial charge < -0.3 is 5.32 Å². The van der Waals surface area contributed by atoms with Crippen LogP contribution < -0.4 is 5.32 Å². The van der Waals surface area contributed by atoms with E-state index < -0.39 is 5.82 Å². The zero-order valence-corrected chi connectivity index (χ0v) is 11.0. The van der Waals surface area contributed by atoms with Gasteiger partial charge in [-0.25, -0.2) is 14.1 Å². The SMILES string of the molecule is Fc1ccc(Nc2cc(-n3cccn3)ccn2)cc1Cl. The zero-order valence-electron chi connectivity index (χ0n) is 10.3. The number of rotatable bonds is 3. The predicted octanol–water partition coefficient (Wildman–Crippen LogP) is 3.80. The Kier molecular flexibility index (Phi) is 3.35. The monoisotopic (exact) mass is 288 g/mol. The van der Waals surface area contributed by atoms with Crippen molar-refractivity contribution >= 4 is 23.1 Å². The highest BCUT2D eigenvalue weighted by Crippen LogP contribution is 2.22. The molecular formula is C14H10ClFN4. The van der Waals surface area contributed by atoms with Gasteiger partial charge in [-0.1, -0.05) is 11.6 Å². The molecule has 0 amide bonds. The summed E-state index contributed by atoms with van der Waals surface area (Å²) in [6, 6.07) is 9.94. The molecule has 4 nitrogen and oxygen atoms in total.